The van der Waals surface area contributed by atoms with Crippen molar-refractivity contribution in [3.63, 3.8) is 0 Å². The molecule has 6 rings (SSSR count). The molecule has 1 fully saturated rings. The zero-order valence-electron chi connectivity index (χ0n) is 16.0. The van der Waals surface area contributed by atoms with Gasteiger partial charge in [-0.05, 0) is 37.5 Å². The van der Waals surface area contributed by atoms with E-state index in [9.17, 15) is 0 Å². The average Bonchev–Trinajstić information content (AvgIpc) is 3.15. The highest BCUT2D eigenvalue weighted by Gasteiger charge is 2.31. The van der Waals surface area contributed by atoms with E-state index in [4.69, 9.17) is 4.98 Å². The first-order valence-electron chi connectivity index (χ1n) is 9.85. The first kappa shape index (κ1) is 16.9. The average molecular weight is 401 g/mol. The van der Waals surface area contributed by atoms with Crippen LogP contribution in [0.1, 0.15) is 30.1 Å². The third-order valence-corrected chi connectivity index (χ3v) is 6.46. The van der Waals surface area contributed by atoms with Crippen LogP contribution in [0.25, 0.3) is 27.9 Å². The van der Waals surface area contributed by atoms with Crippen LogP contribution in [0.15, 0.2) is 60.1 Å². The molecule has 4 heterocycles. The quantitative estimate of drug-likeness (QED) is 0.421. The number of para-hydroxylation sites is 1. The second-order valence-corrected chi connectivity index (χ2v) is 8.54. The zero-order valence-corrected chi connectivity index (χ0v) is 16.9. The topological polar surface area (TPSA) is 63.8 Å². The first-order valence-corrected chi connectivity index (χ1v) is 10.8. The highest BCUT2D eigenvalue weighted by atomic mass is 32.2. The van der Waals surface area contributed by atoms with Gasteiger partial charge < -0.3 is 9.38 Å². The van der Waals surface area contributed by atoms with Crippen molar-refractivity contribution in [2.45, 2.75) is 36.7 Å². The number of H-pyrrole nitrogens is 1. The Morgan fingerprint density at radius 3 is 2.90 bits per heavy atom. The molecule has 0 saturated heterocycles. The molecule has 0 unspecified atom stereocenters. The summed E-state index contributed by atoms with van der Waals surface area (Å²) in [6, 6.07) is 13.0. The van der Waals surface area contributed by atoms with Gasteiger partial charge in [-0.25, -0.2) is 4.98 Å². The van der Waals surface area contributed by atoms with Gasteiger partial charge in [0.05, 0.1) is 5.69 Å². The van der Waals surface area contributed by atoms with Crippen molar-refractivity contribution < 1.29 is 0 Å². The van der Waals surface area contributed by atoms with E-state index in [-0.39, 0.29) is 0 Å². The second-order valence-electron chi connectivity index (χ2n) is 7.60. The molecule has 7 heteroatoms. The standard InChI is InChI=1S/C22H20N6S/c1-14-5-4-10-27-12-15(24-20(14)27)13-29-22-26-25-21(28(22)16-8-9-16)18-11-23-19-7-3-2-6-17(18)19/h2-7,10-12,16,23H,8-9,13H2,1H3. The lowest BCUT2D eigenvalue weighted by Crippen LogP contribution is -1.99. The summed E-state index contributed by atoms with van der Waals surface area (Å²) in [6.07, 6.45) is 8.58. The van der Waals surface area contributed by atoms with Crippen molar-refractivity contribution in [2.24, 2.45) is 0 Å². The Labute approximate surface area is 172 Å². The lowest BCUT2D eigenvalue weighted by atomic mass is 10.1. The number of thioether (sulfide) groups is 1. The number of aryl methyl sites for hydroxylation is 1. The molecule has 0 aliphatic heterocycles. The van der Waals surface area contributed by atoms with Gasteiger partial charge in [0, 0.05) is 46.9 Å². The number of imidazole rings is 1. The summed E-state index contributed by atoms with van der Waals surface area (Å²) >= 11 is 1.72. The maximum atomic E-state index is 4.79. The van der Waals surface area contributed by atoms with Gasteiger partial charge >= 0.3 is 0 Å². The SMILES string of the molecule is Cc1cccn2cc(CSc3nnc(-c4c[nH]c5ccccc45)n3C3CC3)nc12. The third-order valence-electron chi connectivity index (χ3n) is 5.48. The number of rotatable bonds is 5. The smallest absolute Gasteiger partial charge is 0.192 e. The van der Waals surface area contributed by atoms with E-state index in [0.717, 1.165) is 39.2 Å². The van der Waals surface area contributed by atoms with Gasteiger partial charge in [0.1, 0.15) is 5.65 Å². The van der Waals surface area contributed by atoms with Crippen LogP contribution in [0, 0.1) is 6.92 Å². The summed E-state index contributed by atoms with van der Waals surface area (Å²) in [4.78, 5) is 8.15. The number of aromatic amines is 1. The van der Waals surface area contributed by atoms with Gasteiger partial charge in [-0.15, -0.1) is 10.2 Å². The Bertz CT molecular complexity index is 1340. The highest BCUT2D eigenvalue weighted by molar-refractivity contribution is 7.98. The van der Waals surface area contributed by atoms with Crippen LogP contribution < -0.4 is 0 Å². The molecule has 0 spiro atoms. The second kappa shape index (κ2) is 6.49. The number of nitrogens with one attached hydrogen (secondary N) is 1. The molecule has 1 aromatic carbocycles. The van der Waals surface area contributed by atoms with Crippen molar-refractivity contribution in [1.82, 2.24) is 29.1 Å². The molecule has 1 saturated carbocycles. The molecule has 0 atom stereocenters. The minimum Gasteiger partial charge on any atom is -0.360 e. The van der Waals surface area contributed by atoms with Crippen molar-refractivity contribution >= 4 is 28.3 Å². The molecule has 0 bridgehead atoms. The fourth-order valence-corrected chi connectivity index (χ4v) is 4.78. The van der Waals surface area contributed by atoms with E-state index in [1.54, 1.807) is 11.8 Å². The lowest BCUT2D eigenvalue weighted by Gasteiger charge is -2.07. The van der Waals surface area contributed by atoms with E-state index >= 15 is 0 Å². The number of benzene rings is 1. The predicted molar refractivity (Wildman–Crippen MR) is 115 cm³/mol. The van der Waals surface area contributed by atoms with Crippen LogP contribution in [0.3, 0.4) is 0 Å². The molecule has 1 aliphatic rings. The summed E-state index contributed by atoms with van der Waals surface area (Å²) in [5.74, 6) is 1.73. The number of aromatic nitrogens is 6. The molecule has 4 aromatic heterocycles. The third kappa shape index (κ3) is 2.84. The molecule has 6 nitrogen and oxygen atoms in total. The minimum absolute atomic E-state index is 0.500. The predicted octanol–water partition coefficient (Wildman–Crippen LogP) is 5.01. The normalized spacial score (nSPS) is 14.2. The number of hydrogen-bond acceptors (Lipinski definition) is 4. The Hall–Kier alpha value is -3.06. The number of pyridine rings is 1. The molecule has 5 aromatic rings. The minimum atomic E-state index is 0.500. The lowest BCUT2D eigenvalue weighted by molar-refractivity contribution is 0.669. The molecular weight excluding hydrogens is 380 g/mol. The van der Waals surface area contributed by atoms with Crippen molar-refractivity contribution in [3.05, 3.63) is 66.2 Å². The zero-order chi connectivity index (χ0) is 19.4. The fourth-order valence-electron chi connectivity index (χ4n) is 3.89. The van der Waals surface area contributed by atoms with Crippen molar-refractivity contribution in [2.75, 3.05) is 0 Å². The molecule has 0 radical (unpaired) electrons. The maximum Gasteiger partial charge on any atom is 0.192 e. The van der Waals surface area contributed by atoms with E-state index in [2.05, 4.69) is 67.6 Å². The van der Waals surface area contributed by atoms with Gasteiger partial charge in [-0.3, -0.25) is 4.57 Å². The molecular formula is C22H20N6S. The van der Waals surface area contributed by atoms with E-state index < -0.39 is 0 Å². The van der Waals surface area contributed by atoms with Crippen molar-refractivity contribution in [3.8, 4) is 11.4 Å². The van der Waals surface area contributed by atoms with Gasteiger partial charge in [0.15, 0.2) is 11.0 Å². The van der Waals surface area contributed by atoms with Crippen molar-refractivity contribution in [1.29, 1.82) is 0 Å². The van der Waals surface area contributed by atoms with E-state index in [1.807, 2.05) is 18.5 Å². The van der Waals surface area contributed by atoms with Gasteiger partial charge in [0.25, 0.3) is 0 Å². The van der Waals surface area contributed by atoms with Crippen LogP contribution in [-0.2, 0) is 5.75 Å². The van der Waals surface area contributed by atoms with Crippen LogP contribution in [-0.4, -0.2) is 29.1 Å². The monoisotopic (exact) mass is 400 g/mol. The largest absolute Gasteiger partial charge is 0.360 e. The van der Waals surface area contributed by atoms with Gasteiger partial charge in [-0.1, -0.05) is 36.0 Å². The summed E-state index contributed by atoms with van der Waals surface area (Å²) in [5.41, 5.74) is 5.51. The molecule has 1 N–H and O–H groups in total. The summed E-state index contributed by atoms with van der Waals surface area (Å²) in [5, 5.41) is 11.3. The fraction of sp³-hybridized carbons (Fsp3) is 0.227. The summed E-state index contributed by atoms with van der Waals surface area (Å²) < 4.78 is 4.41. The Kier molecular flexibility index (Phi) is 3.77. The van der Waals surface area contributed by atoms with Gasteiger partial charge in [0.2, 0.25) is 0 Å². The summed E-state index contributed by atoms with van der Waals surface area (Å²) in [6.45, 7) is 2.09. The Morgan fingerprint density at radius 1 is 1.14 bits per heavy atom. The maximum absolute atomic E-state index is 4.79. The number of hydrogen-bond donors (Lipinski definition) is 1. The highest BCUT2D eigenvalue weighted by Crippen LogP contribution is 2.42. The van der Waals surface area contributed by atoms with Crippen LogP contribution >= 0.6 is 11.8 Å². The van der Waals surface area contributed by atoms with E-state index in [1.165, 1.54) is 23.8 Å². The van der Waals surface area contributed by atoms with E-state index in [0.29, 0.717) is 6.04 Å². The molecule has 144 valence electrons. The Morgan fingerprint density at radius 2 is 2.03 bits per heavy atom. The molecule has 29 heavy (non-hydrogen) atoms. The summed E-state index contributed by atoms with van der Waals surface area (Å²) in [7, 11) is 0. The number of fused-ring (bicyclic) bond motifs is 2. The van der Waals surface area contributed by atoms with Crippen LogP contribution in [0.2, 0.25) is 0 Å². The Balaban J connectivity index is 1.34. The molecule has 0 amide bonds. The first-order chi connectivity index (χ1) is 14.3. The van der Waals surface area contributed by atoms with Crippen LogP contribution in [0.5, 0.6) is 0 Å². The van der Waals surface area contributed by atoms with Crippen LogP contribution in [0.4, 0.5) is 0 Å². The van der Waals surface area contributed by atoms with Gasteiger partial charge in [-0.2, -0.15) is 0 Å². The molecule has 1 aliphatic carbocycles. The number of nitrogens with zero attached hydrogens (tertiary/aromatic N) is 5.